The Hall–Kier alpha value is -4.67. The molecule has 0 atom stereocenters. The van der Waals surface area contributed by atoms with Gasteiger partial charge in [0.2, 0.25) is 0 Å². The van der Waals surface area contributed by atoms with E-state index in [0.29, 0.717) is 29.0 Å². The van der Waals surface area contributed by atoms with E-state index in [1.165, 1.54) is 0 Å². The van der Waals surface area contributed by atoms with Gasteiger partial charge in [-0.2, -0.15) is 13.2 Å². The van der Waals surface area contributed by atoms with Crippen LogP contribution in [-0.2, 0) is 11.0 Å². The van der Waals surface area contributed by atoms with Crippen LogP contribution in [0.4, 0.5) is 29.3 Å². The number of halogens is 3. The van der Waals surface area contributed by atoms with Crippen molar-refractivity contribution in [3.8, 4) is 17.2 Å². The number of ether oxygens (including phenoxy) is 2. The monoisotopic (exact) mass is 536 g/mol. The van der Waals surface area contributed by atoms with Crippen LogP contribution in [0.2, 0.25) is 0 Å². The first-order valence-corrected chi connectivity index (χ1v) is 12.0. The van der Waals surface area contributed by atoms with Gasteiger partial charge in [0.1, 0.15) is 23.8 Å². The third-order valence-electron chi connectivity index (χ3n) is 6.33. The second-order valence-corrected chi connectivity index (χ2v) is 9.20. The maximum absolute atomic E-state index is 13.2. The van der Waals surface area contributed by atoms with Gasteiger partial charge < -0.3 is 9.47 Å². The molecule has 5 rings (SSSR count). The maximum atomic E-state index is 13.2. The summed E-state index contributed by atoms with van der Waals surface area (Å²) in [6.45, 7) is 3.47. The van der Waals surface area contributed by atoms with E-state index in [1.807, 2.05) is 19.9 Å². The molecule has 0 N–H and O–H groups in total. The largest absolute Gasteiger partial charge is 0.497 e. The topological polar surface area (TPSA) is 84.9 Å². The molecule has 1 aliphatic rings. The van der Waals surface area contributed by atoms with Crippen LogP contribution in [-0.4, -0.2) is 35.6 Å². The number of imide groups is 1. The highest BCUT2D eigenvalue weighted by Gasteiger charge is 2.40. The standard InChI is InChI=1S/C28H23F3N4O4/c1-16(2)22-11-18(4-7-24(22)39-25-8-9-33-23-12-20(38-3)5-6-21(23)25)35-26(36)15-34(27(35)37)19-10-17(13-32-14-19)28(29,30)31/h4-14,16H,15H2,1-3H3. The number of anilines is 2. The molecule has 1 fully saturated rings. The molecule has 0 bridgehead atoms. The van der Waals surface area contributed by atoms with Gasteiger partial charge in [0.25, 0.3) is 5.91 Å². The molecule has 1 aliphatic heterocycles. The first kappa shape index (κ1) is 26.0. The number of nitrogens with zero attached hydrogens (tertiary/aromatic N) is 4. The van der Waals surface area contributed by atoms with E-state index in [9.17, 15) is 22.8 Å². The summed E-state index contributed by atoms with van der Waals surface area (Å²) in [7, 11) is 1.57. The highest BCUT2D eigenvalue weighted by Crippen LogP contribution is 2.38. The number of carbonyl (C=O) groups excluding carboxylic acids is 2. The van der Waals surface area contributed by atoms with E-state index < -0.39 is 30.2 Å². The lowest BCUT2D eigenvalue weighted by molar-refractivity contribution is -0.137. The van der Waals surface area contributed by atoms with Crippen LogP contribution < -0.4 is 19.3 Å². The first-order valence-electron chi connectivity index (χ1n) is 12.0. The molecule has 3 heterocycles. The molecule has 2 aromatic heterocycles. The fourth-order valence-corrected chi connectivity index (χ4v) is 4.34. The second-order valence-electron chi connectivity index (χ2n) is 9.20. The van der Waals surface area contributed by atoms with Crippen molar-refractivity contribution < 1.29 is 32.2 Å². The van der Waals surface area contributed by atoms with Gasteiger partial charge in [-0.25, -0.2) is 9.69 Å². The van der Waals surface area contributed by atoms with E-state index >= 15 is 0 Å². The van der Waals surface area contributed by atoms with Crippen molar-refractivity contribution in [3.63, 3.8) is 0 Å². The van der Waals surface area contributed by atoms with Crippen molar-refractivity contribution in [3.05, 3.63) is 78.2 Å². The summed E-state index contributed by atoms with van der Waals surface area (Å²) in [5, 5.41) is 0.771. The predicted molar refractivity (Wildman–Crippen MR) is 138 cm³/mol. The molecule has 4 aromatic rings. The number of carbonyl (C=O) groups is 2. The van der Waals surface area contributed by atoms with Gasteiger partial charge in [0, 0.05) is 23.8 Å². The highest BCUT2D eigenvalue weighted by molar-refractivity contribution is 6.27. The van der Waals surface area contributed by atoms with Crippen molar-refractivity contribution in [2.45, 2.75) is 25.9 Å². The summed E-state index contributed by atoms with van der Waals surface area (Å²) < 4.78 is 51.0. The Morgan fingerprint density at radius 1 is 0.949 bits per heavy atom. The normalized spacial score (nSPS) is 14.0. The quantitative estimate of drug-likeness (QED) is 0.260. The van der Waals surface area contributed by atoms with Gasteiger partial charge in [-0.15, -0.1) is 0 Å². The fourth-order valence-electron chi connectivity index (χ4n) is 4.34. The van der Waals surface area contributed by atoms with E-state index in [4.69, 9.17) is 9.47 Å². The van der Waals surface area contributed by atoms with Gasteiger partial charge in [-0.3, -0.25) is 19.7 Å². The minimum atomic E-state index is -4.64. The number of benzene rings is 2. The molecule has 11 heteroatoms. The van der Waals surface area contributed by atoms with Gasteiger partial charge in [-0.05, 0) is 53.9 Å². The Kier molecular flexibility index (Phi) is 6.59. The average molecular weight is 537 g/mol. The summed E-state index contributed by atoms with van der Waals surface area (Å²) in [6.07, 6.45) is -1.22. The molecule has 0 unspecified atom stereocenters. The van der Waals surface area contributed by atoms with Crippen LogP contribution in [0, 0.1) is 0 Å². The zero-order valence-corrected chi connectivity index (χ0v) is 21.2. The maximum Gasteiger partial charge on any atom is 0.417 e. The minimum absolute atomic E-state index is 0.0512. The lowest BCUT2D eigenvalue weighted by Gasteiger charge is -2.21. The SMILES string of the molecule is COc1ccc2c(Oc3ccc(N4C(=O)CN(c5cncc(C(F)(F)F)c5)C4=O)cc3C(C)C)ccnc2c1. The Morgan fingerprint density at radius 3 is 2.46 bits per heavy atom. The number of aromatic nitrogens is 2. The van der Waals surface area contributed by atoms with Gasteiger partial charge in [0.05, 0.1) is 35.8 Å². The number of alkyl halides is 3. The lowest BCUT2D eigenvalue weighted by Crippen LogP contribution is -2.33. The van der Waals surface area contributed by atoms with Crippen molar-refractivity contribution in [2.75, 3.05) is 23.5 Å². The first-order chi connectivity index (χ1) is 18.6. The number of hydrogen-bond donors (Lipinski definition) is 0. The van der Waals surface area contributed by atoms with Gasteiger partial charge >= 0.3 is 12.2 Å². The number of hydrogen-bond acceptors (Lipinski definition) is 6. The molecule has 39 heavy (non-hydrogen) atoms. The lowest BCUT2D eigenvalue weighted by atomic mass is 10.0. The van der Waals surface area contributed by atoms with Crippen LogP contribution in [0.25, 0.3) is 10.9 Å². The van der Waals surface area contributed by atoms with Crippen LogP contribution in [0.3, 0.4) is 0 Å². The zero-order chi connectivity index (χ0) is 27.9. The molecular weight excluding hydrogens is 513 g/mol. The number of methoxy groups -OCH3 is 1. The average Bonchev–Trinajstić information content (AvgIpc) is 3.21. The number of amides is 3. The second kappa shape index (κ2) is 9.90. The molecule has 0 saturated carbocycles. The highest BCUT2D eigenvalue weighted by atomic mass is 19.4. The minimum Gasteiger partial charge on any atom is -0.497 e. The number of urea groups is 1. The Balaban J connectivity index is 1.46. The van der Waals surface area contributed by atoms with Crippen molar-refractivity contribution in [2.24, 2.45) is 0 Å². The Labute approximate surface area is 221 Å². The number of rotatable bonds is 6. The van der Waals surface area contributed by atoms with Crippen molar-refractivity contribution in [1.82, 2.24) is 9.97 Å². The van der Waals surface area contributed by atoms with E-state index in [1.54, 1.807) is 49.7 Å². The molecule has 0 radical (unpaired) electrons. The molecule has 3 amide bonds. The van der Waals surface area contributed by atoms with Gasteiger partial charge in [-0.1, -0.05) is 13.8 Å². The fraction of sp³-hybridized carbons (Fsp3) is 0.214. The third-order valence-corrected chi connectivity index (χ3v) is 6.33. The third kappa shape index (κ3) is 4.95. The molecule has 1 saturated heterocycles. The number of pyridine rings is 2. The Morgan fingerprint density at radius 2 is 1.74 bits per heavy atom. The summed E-state index contributed by atoms with van der Waals surface area (Å²) >= 11 is 0. The summed E-state index contributed by atoms with van der Waals surface area (Å²) in [4.78, 5) is 36.0. The van der Waals surface area contributed by atoms with E-state index in [-0.39, 0.29) is 17.3 Å². The summed E-state index contributed by atoms with van der Waals surface area (Å²) in [5.41, 5.74) is 0.575. The van der Waals surface area contributed by atoms with Crippen LogP contribution in [0.15, 0.2) is 67.1 Å². The van der Waals surface area contributed by atoms with E-state index in [0.717, 1.165) is 33.0 Å². The smallest absolute Gasteiger partial charge is 0.417 e. The molecule has 0 spiro atoms. The van der Waals surface area contributed by atoms with Crippen LogP contribution in [0.5, 0.6) is 17.2 Å². The van der Waals surface area contributed by atoms with Crippen LogP contribution in [0.1, 0.15) is 30.9 Å². The predicted octanol–water partition coefficient (Wildman–Crippen LogP) is 6.55. The molecule has 200 valence electrons. The van der Waals surface area contributed by atoms with Crippen molar-refractivity contribution >= 4 is 34.2 Å². The zero-order valence-electron chi connectivity index (χ0n) is 21.2. The molecular formula is C28H23F3N4O4. The molecule has 8 nitrogen and oxygen atoms in total. The molecule has 0 aliphatic carbocycles. The summed E-state index contributed by atoms with van der Waals surface area (Å²) in [5.74, 6) is 1.12. The molecule has 2 aromatic carbocycles. The van der Waals surface area contributed by atoms with Crippen molar-refractivity contribution in [1.29, 1.82) is 0 Å². The Bertz CT molecular complexity index is 1590. The van der Waals surface area contributed by atoms with Gasteiger partial charge in [0.15, 0.2) is 0 Å². The number of fused-ring (bicyclic) bond motifs is 1. The van der Waals surface area contributed by atoms with E-state index in [2.05, 4.69) is 9.97 Å². The van der Waals surface area contributed by atoms with Crippen LogP contribution >= 0.6 is 0 Å². The summed E-state index contributed by atoms with van der Waals surface area (Å²) in [6, 6.07) is 12.1.